The summed E-state index contributed by atoms with van der Waals surface area (Å²) in [6.45, 7) is 8.45. The Balaban J connectivity index is 1.65. The van der Waals surface area contributed by atoms with Crippen LogP contribution in [0.25, 0.3) is 0 Å². The Bertz CT molecular complexity index is 452. The van der Waals surface area contributed by atoms with E-state index in [4.69, 9.17) is 4.99 Å². The predicted octanol–water partition coefficient (Wildman–Crippen LogP) is 2.45. The Kier molecular flexibility index (Phi) is 9.24. The number of nitrogens with zero attached hydrogens (tertiary/aromatic N) is 3. The van der Waals surface area contributed by atoms with Gasteiger partial charge >= 0.3 is 0 Å². The molecule has 2 rings (SSSR count). The third kappa shape index (κ3) is 7.77. The van der Waals surface area contributed by atoms with Gasteiger partial charge in [0.25, 0.3) is 0 Å². The van der Waals surface area contributed by atoms with Gasteiger partial charge in [0, 0.05) is 37.9 Å². The molecule has 2 heterocycles. The monoisotopic (exact) mass is 331 g/mol. The van der Waals surface area contributed by atoms with Crippen LogP contribution in [0, 0.1) is 0 Å². The molecule has 0 unspecified atom stereocenters. The zero-order valence-electron chi connectivity index (χ0n) is 15.1. The van der Waals surface area contributed by atoms with E-state index in [2.05, 4.69) is 33.5 Å². The third-order valence-electron chi connectivity index (χ3n) is 4.35. The van der Waals surface area contributed by atoms with Crippen molar-refractivity contribution in [3.63, 3.8) is 0 Å². The van der Waals surface area contributed by atoms with Crippen LogP contribution in [0.5, 0.6) is 0 Å². The lowest BCUT2D eigenvalue weighted by Crippen LogP contribution is -2.38. The molecule has 0 atom stereocenters. The maximum atomic E-state index is 4.70. The number of aliphatic imine (C=N–C) groups is 1. The number of hydrogen-bond acceptors (Lipinski definition) is 3. The number of guanidine groups is 1. The Hall–Kier alpha value is -1.62. The SMILES string of the molecule is CCNC(=NCCCN1CCCCCC1)NCCc1ccccn1. The molecule has 0 spiro atoms. The summed E-state index contributed by atoms with van der Waals surface area (Å²) in [4.78, 5) is 11.7. The van der Waals surface area contributed by atoms with E-state index >= 15 is 0 Å². The van der Waals surface area contributed by atoms with Gasteiger partial charge in [0.15, 0.2) is 5.96 Å². The van der Waals surface area contributed by atoms with Gasteiger partial charge < -0.3 is 15.5 Å². The van der Waals surface area contributed by atoms with Crippen LogP contribution in [0.1, 0.15) is 44.7 Å². The summed E-state index contributed by atoms with van der Waals surface area (Å²) in [5.74, 6) is 0.921. The topological polar surface area (TPSA) is 52.6 Å². The molecule has 1 aromatic heterocycles. The average molecular weight is 332 g/mol. The number of likely N-dealkylation sites (tertiary alicyclic amines) is 1. The Labute approximate surface area is 147 Å². The van der Waals surface area contributed by atoms with Crippen molar-refractivity contribution >= 4 is 5.96 Å². The van der Waals surface area contributed by atoms with E-state index < -0.39 is 0 Å². The Morgan fingerprint density at radius 3 is 2.71 bits per heavy atom. The molecular formula is C19H33N5. The van der Waals surface area contributed by atoms with Gasteiger partial charge in [0.05, 0.1) is 0 Å². The second-order valence-corrected chi connectivity index (χ2v) is 6.37. The van der Waals surface area contributed by atoms with Crippen molar-refractivity contribution in [1.29, 1.82) is 0 Å². The first kappa shape index (κ1) is 18.7. The smallest absolute Gasteiger partial charge is 0.191 e. The molecule has 1 aliphatic rings. The number of nitrogens with one attached hydrogen (secondary N) is 2. The van der Waals surface area contributed by atoms with Crippen LogP contribution in [0.4, 0.5) is 0 Å². The molecule has 0 bridgehead atoms. The predicted molar refractivity (Wildman–Crippen MR) is 101 cm³/mol. The van der Waals surface area contributed by atoms with Gasteiger partial charge in [-0.05, 0) is 58.0 Å². The molecule has 1 aromatic rings. The van der Waals surface area contributed by atoms with Crippen LogP contribution in [0.15, 0.2) is 29.4 Å². The van der Waals surface area contributed by atoms with E-state index in [-0.39, 0.29) is 0 Å². The minimum Gasteiger partial charge on any atom is -0.357 e. The standard InChI is InChI=1S/C19H33N5/c1-2-20-19(23-14-11-18-10-5-6-12-21-18)22-13-9-17-24-15-7-3-4-8-16-24/h5-6,10,12H,2-4,7-9,11,13-17H2,1H3,(H2,20,22,23). The highest BCUT2D eigenvalue weighted by Crippen LogP contribution is 2.09. The lowest BCUT2D eigenvalue weighted by Gasteiger charge is -2.19. The molecule has 5 nitrogen and oxygen atoms in total. The quantitative estimate of drug-likeness (QED) is 0.436. The normalized spacial score (nSPS) is 16.6. The van der Waals surface area contributed by atoms with E-state index in [1.165, 1.54) is 45.3 Å². The first-order valence-corrected chi connectivity index (χ1v) is 9.53. The zero-order chi connectivity index (χ0) is 16.9. The molecule has 24 heavy (non-hydrogen) atoms. The fourth-order valence-electron chi connectivity index (χ4n) is 3.04. The first-order chi connectivity index (χ1) is 11.9. The Morgan fingerprint density at radius 1 is 1.17 bits per heavy atom. The van der Waals surface area contributed by atoms with Crippen molar-refractivity contribution in [1.82, 2.24) is 20.5 Å². The largest absolute Gasteiger partial charge is 0.357 e. The molecule has 134 valence electrons. The minimum absolute atomic E-state index is 0.856. The lowest BCUT2D eigenvalue weighted by molar-refractivity contribution is 0.283. The van der Waals surface area contributed by atoms with Crippen molar-refractivity contribution in [2.75, 3.05) is 39.3 Å². The summed E-state index contributed by atoms with van der Waals surface area (Å²) in [5, 5.41) is 6.73. The summed E-state index contributed by atoms with van der Waals surface area (Å²) in [5.41, 5.74) is 1.11. The molecule has 0 amide bonds. The van der Waals surface area contributed by atoms with Crippen LogP contribution in [-0.2, 0) is 6.42 Å². The third-order valence-corrected chi connectivity index (χ3v) is 4.35. The number of aromatic nitrogens is 1. The van der Waals surface area contributed by atoms with Crippen LogP contribution in [-0.4, -0.2) is 55.1 Å². The fourth-order valence-corrected chi connectivity index (χ4v) is 3.04. The maximum Gasteiger partial charge on any atom is 0.191 e. The van der Waals surface area contributed by atoms with Gasteiger partial charge in [0.1, 0.15) is 0 Å². The molecule has 0 aliphatic carbocycles. The molecular weight excluding hydrogens is 298 g/mol. The first-order valence-electron chi connectivity index (χ1n) is 9.53. The van der Waals surface area contributed by atoms with E-state index in [1.807, 2.05) is 18.3 Å². The fraction of sp³-hybridized carbons (Fsp3) is 0.684. The summed E-state index contributed by atoms with van der Waals surface area (Å²) in [7, 11) is 0. The molecule has 0 saturated carbocycles. The van der Waals surface area contributed by atoms with Crippen LogP contribution in [0.3, 0.4) is 0 Å². The van der Waals surface area contributed by atoms with Crippen molar-refractivity contribution in [2.45, 2.75) is 45.4 Å². The lowest BCUT2D eigenvalue weighted by atomic mass is 10.2. The molecule has 1 fully saturated rings. The summed E-state index contributed by atoms with van der Waals surface area (Å²) < 4.78 is 0. The van der Waals surface area contributed by atoms with Gasteiger partial charge in [-0.25, -0.2) is 0 Å². The van der Waals surface area contributed by atoms with E-state index in [9.17, 15) is 0 Å². The Morgan fingerprint density at radius 2 is 2.00 bits per heavy atom. The molecule has 1 saturated heterocycles. The summed E-state index contributed by atoms with van der Waals surface area (Å²) in [6.07, 6.45) is 9.42. The molecule has 0 radical (unpaired) electrons. The van der Waals surface area contributed by atoms with Gasteiger partial charge in [0.2, 0.25) is 0 Å². The van der Waals surface area contributed by atoms with Crippen molar-refractivity contribution in [2.24, 2.45) is 4.99 Å². The van der Waals surface area contributed by atoms with Gasteiger partial charge in [-0.3, -0.25) is 9.98 Å². The highest BCUT2D eigenvalue weighted by atomic mass is 15.2. The van der Waals surface area contributed by atoms with Crippen molar-refractivity contribution < 1.29 is 0 Å². The summed E-state index contributed by atoms with van der Waals surface area (Å²) in [6, 6.07) is 6.05. The van der Waals surface area contributed by atoms with E-state index in [0.717, 1.165) is 44.1 Å². The van der Waals surface area contributed by atoms with Crippen molar-refractivity contribution in [3.8, 4) is 0 Å². The van der Waals surface area contributed by atoms with Crippen LogP contribution in [0.2, 0.25) is 0 Å². The highest BCUT2D eigenvalue weighted by molar-refractivity contribution is 5.79. The second kappa shape index (κ2) is 11.8. The molecule has 2 N–H and O–H groups in total. The minimum atomic E-state index is 0.856. The maximum absolute atomic E-state index is 4.70. The second-order valence-electron chi connectivity index (χ2n) is 6.37. The average Bonchev–Trinajstić information content (AvgIpc) is 2.88. The van der Waals surface area contributed by atoms with Gasteiger partial charge in [-0.2, -0.15) is 0 Å². The number of pyridine rings is 1. The molecule has 0 aromatic carbocycles. The zero-order valence-corrected chi connectivity index (χ0v) is 15.1. The van der Waals surface area contributed by atoms with E-state index in [1.54, 1.807) is 0 Å². The number of rotatable bonds is 8. The van der Waals surface area contributed by atoms with Gasteiger partial charge in [-0.15, -0.1) is 0 Å². The molecule has 5 heteroatoms. The molecule has 1 aliphatic heterocycles. The van der Waals surface area contributed by atoms with Crippen molar-refractivity contribution in [3.05, 3.63) is 30.1 Å². The highest BCUT2D eigenvalue weighted by Gasteiger charge is 2.07. The summed E-state index contributed by atoms with van der Waals surface area (Å²) >= 11 is 0. The van der Waals surface area contributed by atoms with E-state index in [0.29, 0.717) is 0 Å². The van der Waals surface area contributed by atoms with Gasteiger partial charge in [-0.1, -0.05) is 18.9 Å². The number of hydrogen-bond donors (Lipinski definition) is 2. The van der Waals surface area contributed by atoms with Crippen LogP contribution < -0.4 is 10.6 Å². The van der Waals surface area contributed by atoms with Crippen LogP contribution >= 0.6 is 0 Å².